The first-order valence-corrected chi connectivity index (χ1v) is 6.02. The van der Waals surface area contributed by atoms with E-state index in [0.29, 0.717) is 18.8 Å². The third-order valence-corrected chi connectivity index (χ3v) is 3.37. The maximum atomic E-state index is 13.8. The van der Waals surface area contributed by atoms with E-state index in [2.05, 4.69) is 9.55 Å². The molecule has 2 aromatic rings. The van der Waals surface area contributed by atoms with E-state index in [1.807, 2.05) is 23.4 Å². The summed E-state index contributed by atoms with van der Waals surface area (Å²) < 4.78 is 15.9. The maximum Gasteiger partial charge on any atom is 0.146 e. The van der Waals surface area contributed by atoms with Crippen molar-refractivity contribution in [3.05, 3.63) is 47.8 Å². The molecule has 0 saturated heterocycles. The first-order valence-electron chi connectivity index (χ1n) is 6.02. The summed E-state index contributed by atoms with van der Waals surface area (Å²) in [6.45, 7) is 2.69. The zero-order chi connectivity index (χ0) is 12.5. The van der Waals surface area contributed by atoms with Crippen LogP contribution in [0.25, 0.3) is 0 Å². The van der Waals surface area contributed by atoms with Gasteiger partial charge in [-0.05, 0) is 12.1 Å². The average molecular weight is 246 g/mol. The molecule has 18 heavy (non-hydrogen) atoms. The van der Waals surface area contributed by atoms with Crippen LogP contribution in [0, 0.1) is 5.82 Å². The number of rotatable bonds is 2. The standard InChI is InChI=1S/C13H15FN4/c14-10-3-1-2-4-12(10)17-5-6-18-9-16-11(7-15)13(18)8-17/h1-4,9H,5-8,15H2. The average Bonchev–Trinajstić information content (AvgIpc) is 2.81. The molecule has 1 aromatic carbocycles. The molecule has 0 unspecified atom stereocenters. The zero-order valence-electron chi connectivity index (χ0n) is 10.0. The van der Waals surface area contributed by atoms with Gasteiger partial charge < -0.3 is 15.2 Å². The lowest BCUT2D eigenvalue weighted by Crippen LogP contribution is -2.34. The van der Waals surface area contributed by atoms with Gasteiger partial charge in [0.2, 0.25) is 0 Å². The van der Waals surface area contributed by atoms with Crippen LogP contribution >= 0.6 is 0 Å². The van der Waals surface area contributed by atoms with Crippen molar-refractivity contribution in [1.29, 1.82) is 0 Å². The number of para-hydroxylation sites is 1. The quantitative estimate of drug-likeness (QED) is 0.873. The second kappa shape index (κ2) is 4.42. The summed E-state index contributed by atoms with van der Waals surface area (Å²) in [6.07, 6.45) is 1.82. The molecule has 0 amide bonds. The maximum absolute atomic E-state index is 13.8. The molecule has 1 aliphatic heterocycles. The van der Waals surface area contributed by atoms with Gasteiger partial charge in [-0.1, -0.05) is 12.1 Å². The van der Waals surface area contributed by atoms with Gasteiger partial charge in [-0.3, -0.25) is 0 Å². The van der Waals surface area contributed by atoms with Gasteiger partial charge in [0.15, 0.2) is 0 Å². The summed E-state index contributed by atoms with van der Waals surface area (Å²) in [5, 5.41) is 0. The number of aromatic nitrogens is 2. The second-order valence-electron chi connectivity index (χ2n) is 4.41. The highest BCUT2D eigenvalue weighted by atomic mass is 19.1. The fraction of sp³-hybridized carbons (Fsp3) is 0.308. The summed E-state index contributed by atoms with van der Waals surface area (Å²) in [5.41, 5.74) is 8.30. The minimum Gasteiger partial charge on any atom is -0.361 e. The number of fused-ring (bicyclic) bond motifs is 1. The van der Waals surface area contributed by atoms with E-state index < -0.39 is 0 Å². The number of anilines is 1. The Morgan fingerprint density at radius 3 is 2.89 bits per heavy atom. The van der Waals surface area contributed by atoms with E-state index in [0.717, 1.165) is 24.5 Å². The van der Waals surface area contributed by atoms with Crippen LogP contribution < -0.4 is 10.6 Å². The molecule has 0 aliphatic carbocycles. The van der Waals surface area contributed by atoms with Crippen molar-refractivity contribution in [3.63, 3.8) is 0 Å². The van der Waals surface area contributed by atoms with Crippen molar-refractivity contribution in [2.45, 2.75) is 19.6 Å². The monoisotopic (exact) mass is 246 g/mol. The molecule has 1 aromatic heterocycles. The van der Waals surface area contributed by atoms with E-state index >= 15 is 0 Å². The van der Waals surface area contributed by atoms with Gasteiger partial charge in [0.1, 0.15) is 5.82 Å². The highest BCUT2D eigenvalue weighted by Gasteiger charge is 2.21. The van der Waals surface area contributed by atoms with E-state index in [-0.39, 0.29) is 5.82 Å². The predicted octanol–water partition coefficient (Wildman–Crippen LogP) is 1.50. The Labute approximate surface area is 105 Å². The van der Waals surface area contributed by atoms with Gasteiger partial charge in [0, 0.05) is 19.6 Å². The smallest absolute Gasteiger partial charge is 0.146 e. The molecule has 2 heterocycles. The molecular formula is C13H15FN4. The Bertz CT molecular complexity index is 550. The van der Waals surface area contributed by atoms with E-state index in [1.54, 1.807) is 6.07 Å². The molecule has 0 saturated carbocycles. The van der Waals surface area contributed by atoms with Crippen LogP contribution in [0.3, 0.4) is 0 Å². The molecule has 0 bridgehead atoms. The van der Waals surface area contributed by atoms with Gasteiger partial charge in [0.25, 0.3) is 0 Å². The third kappa shape index (κ3) is 1.76. The fourth-order valence-electron chi connectivity index (χ4n) is 2.40. The minimum absolute atomic E-state index is 0.181. The van der Waals surface area contributed by atoms with Crippen molar-refractivity contribution >= 4 is 5.69 Å². The normalized spacial score (nSPS) is 14.7. The van der Waals surface area contributed by atoms with Crippen LogP contribution in [0.15, 0.2) is 30.6 Å². The first-order chi connectivity index (χ1) is 8.79. The van der Waals surface area contributed by atoms with Crippen molar-refractivity contribution in [1.82, 2.24) is 9.55 Å². The number of halogens is 1. The van der Waals surface area contributed by atoms with E-state index in [1.165, 1.54) is 6.07 Å². The van der Waals surface area contributed by atoms with Gasteiger partial charge in [0.05, 0.1) is 29.9 Å². The molecule has 1 aliphatic rings. The summed E-state index contributed by atoms with van der Waals surface area (Å²) in [4.78, 5) is 6.32. The molecular weight excluding hydrogens is 231 g/mol. The van der Waals surface area contributed by atoms with Crippen LogP contribution in [0.1, 0.15) is 11.4 Å². The summed E-state index contributed by atoms with van der Waals surface area (Å²) >= 11 is 0. The molecule has 2 N–H and O–H groups in total. The number of hydrogen-bond donors (Lipinski definition) is 1. The molecule has 0 radical (unpaired) electrons. The summed E-state index contributed by atoms with van der Waals surface area (Å²) in [7, 11) is 0. The number of nitrogens with zero attached hydrogens (tertiary/aromatic N) is 3. The van der Waals surface area contributed by atoms with Gasteiger partial charge in [-0.2, -0.15) is 0 Å². The van der Waals surface area contributed by atoms with Gasteiger partial charge in [-0.25, -0.2) is 9.37 Å². The lowest BCUT2D eigenvalue weighted by molar-refractivity contribution is 0.550. The molecule has 3 rings (SSSR count). The molecule has 4 nitrogen and oxygen atoms in total. The molecule has 94 valence electrons. The Kier molecular flexibility index (Phi) is 2.76. The third-order valence-electron chi connectivity index (χ3n) is 3.37. The lowest BCUT2D eigenvalue weighted by atomic mass is 10.2. The summed E-state index contributed by atoms with van der Waals surface area (Å²) in [5.74, 6) is -0.181. The predicted molar refractivity (Wildman–Crippen MR) is 67.6 cm³/mol. The first kappa shape index (κ1) is 11.2. The van der Waals surface area contributed by atoms with Gasteiger partial charge >= 0.3 is 0 Å². The van der Waals surface area contributed by atoms with Crippen LogP contribution in [0.5, 0.6) is 0 Å². The Hall–Kier alpha value is -1.88. The highest BCUT2D eigenvalue weighted by molar-refractivity contribution is 5.48. The number of nitrogens with two attached hydrogens (primary N) is 1. The van der Waals surface area contributed by atoms with Crippen molar-refractivity contribution in [3.8, 4) is 0 Å². The largest absolute Gasteiger partial charge is 0.361 e. The number of imidazole rings is 1. The second-order valence-corrected chi connectivity index (χ2v) is 4.41. The molecule has 0 fully saturated rings. The Balaban J connectivity index is 1.93. The van der Waals surface area contributed by atoms with E-state index in [4.69, 9.17) is 5.73 Å². The molecule has 0 spiro atoms. The summed E-state index contributed by atoms with van der Waals surface area (Å²) in [6, 6.07) is 6.86. The van der Waals surface area contributed by atoms with Crippen molar-refractivity contribution in [2.75, 3.05) is 11.4 Å². The van der Waals surface area contributed by atoms with Crippen LogP contribution in [0.4, 0.5) is 10.1 Å². The van der Waals surface area contributed by atoms with Crippen LogP contribution in [-0.4, -0.2) is 16.1 Å². The minimum atomic E-state index is -0.181. The van der Waals surface area contributed by atoms with Crippen LogP contribution in [-0.2, 0) is 19.6 Å². The highest BCUT2D eigenvalue weighted by Crippen LogP contribution is 2.24. The number of hydrogen-bond acceptors (Lipinski definition) is 3. The lowest BCUT2D eigenvalue weighted by Gasteiger charge is -2.30. The van der Waals surface area contributed by atoms with Crippen molar-refractivity contribution < 1.29 is 4.39 Å². The Morgan fingerprint density at radius 1 is 1.28 bits per heavy atom. The van der Waals surface area contributed by atoms with Crippen molar-refractivity contribution in [2.24, 2.45) is 5.73 Å². The molecule has 5 heteroatoms. The fourth-order valence-corrected chi connectivity index (χ4v) is 2.40. The van der Waals surface area contributed by atoms with Crippen LogP contribution in [0.2, 0.25) is 0 Å². The van der Waals surface area contributed by atoms with E-state index in [9.17, 15) is 4.39 Å². The van der Waals surface area contributed by atoms with Gasteiger partial charge in [-0.15, -0.1) is 0 Å². The zero-order valence-corrected chi connectivity index (χ0v) is 10.0. The SMILES string of the molecule is NCc1ncn2c1CN(c1ccccc1F)CC2. The molecule has 0 atom stereocenters. The topological polar surface area (TPSA) is 47.1 Å². The number of benzene rings is 1. The Morgan fingerprint density at radius 2 is 2.11 bits per heavy atom.